The fourth-order valence-corrected chi connectivity index (χ4v) is 4.81. The SMILES string of the molecule is C=C[C@H](OC)[C@@H](C)[C@H](C)/C=C(/C)CO.C=C[C@H](OC)[C@@H](O[Si](C)(C)C(C)(C)C)[C@H](C)/C=C(/C)CO. The van der Waals surface area contributed by atoms with Crippen LogP contribution in [-0.4, -0.2) is 64.3 Å². The molecule has 0 aliphatic carbocycles. The van der Waals surface area contributed by atoms with Crippen molar-refractivity contribution >= 4 is 8.32 Å². The molecule has 2 N–H and O–H groups in total. The number of hydrogen-bond donors (Lipinski definition) is 2. The minimum absolute atomic E-state index is 0.0723. The highest BCUT2D eigenvalue weighted by Gasteiger charge is 2.41. The van der Waals surface area contributed by atoms with Gasteiger partial charge in [0.1, 0.15) is 6.10 Å². The zero-order valence-corrected chi connectivity index (χ0v) is 25.7. The van der Waals surface area contributed by atoms with Crippen molar-refractivity contribution in [1.82, 2.24) is 0 Å². The third-order valence-corrected chi connectivity index (χ3v) is 11.5. The van der Waals surface area contributed by atoms with Crippen LogP contribution in [0.4, 0.5) is 0 Å². The van der Waals surface area contributed by atoms with Gasteiger partial charge in [0.15, 0.2) is 8.32 Å². The van der Waals surface area contributed by atoms with Crippen molar-refractivity contribution in [2.45, 2.75) is 91.8 Å². The van der Waals surface area contributed by atoms with Crippen molar-refractivity contribution in [1.29, 1.82) is 0 Å². The zero-order valence-electron chi connectivity index (χ0n) is 24.7. The summed E-state index contributed by atoms with van der Waals surface area (Å²) in [4.78, 5) is 0. The van der Waals surface area contributed by atoms with Crippen LogP contribution in [0.2, 0.25) is 18.1 Å². The molecular formula is C29H56O5Si. The van der Waals surface area contributed by atoms with Gasteiger partial charge in [-0.15, -0.1) is 13.2 Å². The predicted octanol–water partition coefficient (Wildman–Crippen LogP) is 6.55. The summed E-state index contributed by atoms with van der Waals surface area (Å²) in [7, 11) is 1.47. The van der Waals surface area contributed by atoms with E-state index in [0.717, 1.165) is 11.1 Å². The van der Waals surface area contributed by atoms with E-state index in [9.17, 15) is 5.11 Å². The zero-order chi connectivity index (χ0) is 28.0. The summed E-state index contributed by atoms with van der Waals surface area (Å²) in [5.74, 6) is 0.901. The Morgan fingerprint density at radius 3 is 1.54 bits per heavy atom. The number of aliphatic hydroxyl groups excluding tert-OH is 2. The monoisotopic (exact) mass is 512 g/mol. The van der Waals surface area contributed by atoms with E-state index in [4.69, 9.17) is 19.0 Å². The van der Waals surface area contributed by atoms with Crippen molar-refractivity contribution in [2.24, 2.45) is 17.8 Å². The standard InChI is InChI=1S/C17H34O3Si.C12H22O2/c1-10-15(19-7)16(14(3)11-13(2)12-18)20-21(8,9)17(4,5)6;1-6-12(14-5)11(4)10(3)7-9(2)8-13/h10-11,14-16,18H,1,12H2,2-9H3;6-7,10-13H,1,8H2,2-5H3/b13-11-;9-7-/t14-,15+,16+;10-,11+,12+/m11/s1. The quantitative estimate of drug-likeness (QED) is 0.204. The molecule has 0 radical (unpaired) electrons. The van der Waals surface area contributed by atoms with Crippen molar-refractivity contribution in [3.05, 3.63) is 48.6 Å². The molecule has 0 heterocycles. The molecule has 0 bridgehead atoms. The Bertz CT molecular complexity index is 662. The van der Waals surface area contributed by atoms with Gasteiger partial charge in [-0.3, -0.25) is 0 Å². The van der Waals surface area contributed by atoms with Gasteiger partial charge in [-0.1, -0.05) is 77.0 Å². The van der Waals surface area contributed by atoms with Crippen LogP contribution >= 0.6 is 0 Å². The van der Waals surface area contributed by atoms with Crippen LogP contribution in [0.25, 0.3) is 0 Å². The molecule has 0 saturated heterocycles. The molecule has 0 unspecified atom stereocenters. The van der Waals surface area contributed by atoms with E-state index in [2.05, 4.69) is 79.9 Å². The van der Waals surface area contributed by atoms with Gasteiger partial charge in [0, 0.05) is 20.1 Å². The molecule has 0 fully saturated rings. The first kappa shape index (κ1) is 36.1. The van der Waals surface area contributed by atoms with Gasteiger partial charge in [0.2, 0.25) is 0 Å². The third-order valence-electron chi connectivity index (χ3n) is 7.03. The van der Waals surface area contributed by atoms with Crippen LogP contribution in [0.1, 0.15) is 55.4 Å². The summed E-state index contributed by atoms with van der Waals surface area (Å²) in [6.07, 6.45) is 7.60. The Morgan fingerprint density at radius 1 is 0.829 bits per heavy atom. The maximum absolute atomic E-state index is 9.23. The minimum Gasteiger partial charge on any atom is -0.410 e. The molecule has 6 heteroatoms. The highest BCUT2D eigenvalue weighted by Crippen LogP contribution is 2.39. The molecule has 0 aromatic rings. The Morgan fingerprint density at radius 2 is 1.23 bits per heavy atom. The third kappa shape index (κ3) is 13.2. The van der Waals surface area contributed by atoms with Crippen LogP contribution in [0, 0.1) is 17.8 Å². The van der Waals surface area contributed by atoms with E-state index < -0.39 is 8.32 Å². The molecule has 0 spiro atoms. The molecule has 0 aliphatic rings. The summed E-state index contributed by atoms with van der Waals surface area (Å²) in [6, 6.07) is 0. The van der Waals surface area contributed by atoms with Crippen LogP contribution in [0.3, 0.4) is 0 Å². The molecular weight excluding hydrogens is 456 g/mol. The van der Waals surface area contributed by atoms with E-state index >= 15 is 0 Å². The lowest BCUT2D eigenvalue weighted by atomic mass is 9.89. The number of allylic oxidation sites excluding steroid dienone is 1. The normalized spacial score (nSPS) is 18.5. The summed E-state index contributed by atoms with van der Waals surface area (Å²) < 4.78 is 17.4. The fraction of sp³-hybridized carbons (Fsp3) is 0.724. The fourth-order valence-electron chi connectivity index (χ4n) is 3.43. The van der Waals surface area contributed by atoms with E-state index in [1.165, 1.54) is 0 Å². The maximum Gasteiger partial charge on any atom is 0.192 e. The van der Waals surface area contributed by atoms with Gasteiger partial charge in [-0.2, -0.15) is 0 Å². The van der Waals surface area contributed by atoms with Gasteiger partial charge in [0.25, 0.3) is 0 Å². The molecule has 0 aromatic heterocycles. The molecule has 5 nitrogen and oxygen atoms in total. The molecule has 206 valence electrons. The second kappa shape index (κ2) is 17.4. The number of rotatable bonds is 14. The van der Waals surface area contributed by atoms with Crippen molar-refractivity contribution in [3.63, 3.8) is 0 Å². The first-order valence-corrected chi connectivity index (χ1v) is 15.5. The topological polar surface area (TPSA) is 68.2 Å². The smallest absolute Gasteiger partial charge is 0.192 e. The molecule has 0 saturated carbocycles. The highest BCUT2D eigenvalue weighted by atomic mass is 28.4. The molecule has 0 rings (SSSR count). The molecule has 0 amide bonds. The lowest BCUT2D eigenvalue weighted by Crippen LogP contribution is -2.49. The number of aliphatic hydroxyl groups is 2. The van der Waals surface area contributed by atoms with Gasteiger partial charge >= 0.3 is 0 Å². The second-order valence-corrected chi connectivity index (χ2v) is 15.9. The summed E-state index contributed by atoms with van der Waals surface area (Å²) in [6.45, 7) is 29.2. The molecule has 0 aromatic carbocycles. The number of hydrogen-bond acceptors (Lipinski definition) is 5. The average molecular weight is 513 g/mol. The average Bonchev–Trinajstić information content (AvgIpc) is 2.79. The summed E-state index contributed by atoms with van der Waals surface area (Å²) in [5, 5.41) is 18.3. The Labute approximate surface area is 218 Å². The second-order valence-electron chi connectivity index (χ2n) is 11.1. The van der Waals surface area contributed by atoms with E-state index in [1.54, 1.807) is 20.3 Å². The van der Waals surface area contributed by atoms with Gasteiger partial charge in [-0.05, 0) is 43.8 Å². The van der Waals surface area contributed by atoms with Crippen molar-refractivity contribution < 1.29 is 24.1 Å². The van der Waals surface area contributed by atoms with E-state index in [1.807, 2.05) is 19.9 Å². The lowest BCUT2D eigenvalue weighted by molar-refractivity contribution is 0.00591. The van der Waals surface area contributed by atoms with Gasteiger partial charge < -0.3 is 24.1 Å². The first-order valence-electron chi connectivity index (χ1n) is 12.6. The minimum atomic E-state index is -1.91. The number of methoxy groups -OCH3 is 2. The van der Waals surface area contributed by atoms with Crippen LogP contribution < -0.4 is 0 Å². The predicted molar refractivity (Wildman–Crippen MR) is 153 cm³/mol. The molecule has 0 aliphatic heterocycles. The van der Waals surface area contributed by atoms with Crippen LogP contribution in [0.5, 0.6) is 0 Å². The van der Waals surface area contributed by atoms with E-state index in [-0.39, 0.29) is 42.5 Å². The maximum atomic E-state index is 9.23. The largest absolute Gasteiger partial charge is 0.410 e. The first-order chi connectivity index (χ1) is 16.1. The van der Waals surface area contributed by atoms with Gasteiger partial charge in [-0.25, -0.2) is 0 Å². The Kier molecular flexibility index (Phi) is 18.0. The summed E-state index contributed by atoms with van der Waals surface area (Å²) >= 11 is 0. The Hall–Kier alpha value is -1.02. The van der Waals surface area contributed by atoms with Crippen LogP contribution in [0.15, 0.2) is 48.6 Å². The number of ether oxygens (including phenoxy) is 2. The van der Waals surface area contributed by atoms with Crippen molar-refractivity contribution in [3.8, 4) is 0 Å². The van der Waals surface area contributed by atoms with E-state index in [0.29, 0.717) is 11.8 Å². The molecule has 6 atom stereocenters. The Balaban J connectivity index is 0. The molecule has 35 heavy (non-hydrogen) atoms. The van der Waals surface area contributed by atoms with Crippen LogP contribution in [-0.2, 0) is 13.9 Å². The van der Waals surface area contributed by atoms with Crippen molar-refractivity contribution in [2.75, 3.05) is 27.4 Å². The summed E-state index contributed by atoms with van der Waals surface area (Å²) in [5.41, 5.74) is 1.95. The van der Waals surface area contributed by atoms with Gasteiger partial charge in [0.05, 0.1) is 25.4 Å². The lowest BCUT2D eigenvalue weighted by Gasteiger charge is -2.42. The highest BCUT2D eigenvalue weighted by molar-refractivity contribution is 6.74.